The van der Waals surface area contributed by atoms with Gasteiger partial charge >= 0.3 is 0 Å². The maximum atomic E-state index is 13.2. The second-order valence-corrected chi connectivity index (χ2v) is 9.09. The first kappa shape index (κ1) is 20.0. The van der Waals surface area contributed by atoms with E-state index in [-0.39, 0.29) is 11.9 Å². The van der Waals surface area contributed by atoms with Gasteiger partial charge in [-0.25, -0.2) is 0 Å². The number of nitrogens with zero attached hydrogens (tertiary/aromatic N) is 2. The molecule has 2 aliphatic rings. The van der Waals surface area contributed by atoms with E-state index in [0.29, 0.717) is 6.54 Å². The van der Waals surface area contributed by atoms with Crippen molar-refractivity contribution in [1.82, 2.24) is 15.1 Å². The molecule has 1 amide bonds. The van der Waals surface area contributed by atoms with Gasteiger partial charge < -0.3 is 10.0 Å². The predicted octanol–water partition coefficient (Wildman–Crippen LogP) is 4.46. The molecule has 1 aromatic heterocycles. The fourth-order valence-corrected chi connectivity index (χ4v) is 5.23. The molecule has 1 fully saturated rings. The molecule has 5 nitrogen and oxygen atoms in total. The van der Waals surface area contributed by atoms with E-state index in [1.165, 1.54) is 22.3 Å². The molecule has 31 heavy (non-hydrogen) atoms. The number of H-pyrrole nitrogens is 1. The molecule has 1 aliphatic heterocycles. The van der Waals surface area contributed by atoms with Gasteiger partial charge in [0, 0.05) is 23.4 Å². The smallest absolute Gasteiger partial charge is 0.254 e. The van der Waals surface area contributed by atoms with Gasteiger partial charge in [-0.1, -0.05) is 24.3 Å². The fraction of sp³-hybridized carbons (Fsp3) is 0.385. The third-order valence-corrected chi connectivity index (χ3v) is 7.29. The summed E-state index contributed by atoms with van der Waals surface area (Å²) in [5.41, 5.74) is 10.2. The quantitative estimate of drug-likeness (QED) is 0.661. The summed E-state index contributed by atoms with van der Waals surface area (Å²) in [5.74, 6) is 0.0797. The number of aryl methyl sites for hydroxylation is 1. The lowest BCUT2D eigenvalue weighted by atomic mass is 9.91. The first-order valence-electron chi connectivity index (χ1n) is 11.1. The van der Waals surface area contributed by atoms with Crippen molar-refractivity contribution >= 4 is 5.91 Å². The summed E-state index contributed by atoms with van der Waals surface area (Å²) in [5, 5.41) is 17.4. The predicted molar refractivity (Wildman–Crippen MR) is 121 cm³/mol. The van der Waals surface area contributed by atoms with Crippen molar-refractivity contribution in [2.45, 2.75) is 65.1 Å². The summed E-state index contributed by atoms with van der Waals surface area (Å²) in [6, 6.07) is 10.6. The molecule has 0 bridgehead atoms. The molecule has 0 spiro atoms. The highest BCUT2D eigenvalue weighted by atomic mass is 16.3. The van der Waals surface area contributed by atoms with Gasteiger partial charge in [-0.15, -0.1) is 0 Å². The van der Waals surface area contributed by atoms with E-state index in [4.69, 9.17) is 0 Å². The number of rotatable bonds is 4. The van der Waals surface area contributed by atoms with Crippen LogP contribution in [0.15, 0.2) is 36.5 Å². The van der Waals surface area contributed by atoms with Crippen LogP contribution in [-0.4, -0.2) is 38.3 Å². The maximum absolute atomic E-state index is 13.2. The Morgan fingerprint density at radius 3 is 2.52 bits per heavy atom. The van der Waals surface area contributed by atoms with Crippen molar-refractivity contribution in [2.75, 3.05) is 0 Å². The summed E-state index contributed by atoms with van der Waals surface area (Å²) < 4.78 is 0. The fourth-order valence-electron chi connectivity index (χ4n) is 5.23. The molecule has 1 saturated carbocycles. The molecule has 0 saturated heterocycles. The minimum atomic E-state index is -0.392. The first-order valence-corrected chi connectivity index (χ1v) is 11.1. The average molecular weight is 416 g/mol. The molecule has 2 heterocycles. The molecule has 3 aromatic rings. The number of benzene rings is 2. The van der Waals surface area contributed by atoms with Gasteiger partial charge in [0.2, 0.25) is 0 Å². The van der Waals surface area contributed by atoms with Crippen molar-refractivity contribution in [3.63, 3.8) is 0 Å². The standard InChI is InChI=1S/C26H29N3O2/c1-15-16(2)23-14-29(24-5-4-6-25(24)30)26(31)21(23)12-20(15)11-18-7-9-19(10-8-18)22-13-27-28-17(22)3/h7-10,12-13,24-25,30H,4-6,11,14H2,1-3H3,(H,27,28)/t24-,25-/m1/s1. The van der Waals surface area contributed by atoms with Crippen molar-refractivity contribution < 1.29 is 9.90 Å². The number of aromatic amines is 1. The lowest BCUT2D eigenvalue weighted by Crippen LogP contribution is -2.40. The Hall–Kier alpha value is -2.92. The number of aliphatic hydroxyl groups is 1. The minimum absolute atomic E-state index is 0.0398. The monoisotopic (exact) mass is 415 g/mol. The van der Waals surface area contributed by atoms with Crippen molar-refractivity contribution in [2.24, 2.45) is 0 Å². The van der Waals surface area contributed by atoms with Gasteiger partial charge in [-0.05, 0) is 85.9 Å². The maximum Gasteiger partial charge on any atom is 0.254 e. The van der Waals surface area contributed by atoms with Crippen LogP contribution in [0.4, 0.5) is 0 Å². The number of aliphatic hydroxyl groups excluding tert-OH is 1. The molecule has 1 aliphatic carbocycles. The van der Waals surface area contributed by atoms with Crippen LogP contribution in [-0.2, 0) is 13.0 Å². The van der Waals surface area contributed by atoms with Crippen LogP contribution in [0.2, 0.25) is 0 Å². The molecule has 2 atom stereocenters. The van der Waals surface area contributed by atoms with E-state index < -0.39 is 6.10 Å². The molecule has 0 radical (unpaired) electrons. The van der Waals surface area contributed by atoms with Gasteiger partial charge in [-0.3, -0.25) is 9.89 Å². The summed E-state index contributed by atoms with van der Waals surface area (Å²) in [6.07, 6.45) is 4.94. The molecular formula is C26H29N3O2. The number of amides is 1. The van der Waals surface area contributed by atoms with Crippen LogP contribution < -0.4 is 0 Å². The van der Waals surface area contributed by atoms with E-state index in [9.17, 15) is 9.90 Å². The largest absolute Gasteiger partial charge is 0.391 e. The van der Waals surface area contributed by atoms with Crippen molar-refractivity contribution in [3.05, 3.63) is 75.6 Å². The highest BCUT2D eigenvalue weighted by Gasteiger charge is 2.39. The first-order chi connectivity index (χ1) is 14.9. The van der Waals surface area contributed by atoms with Crippen molar-refractivity contribution in [1.29, 1.82) is 0 Å². The number of fused-ring (bicyclic) bond motifs is 1. The molecule has 160 valence electrons. The van der Waals surface area contributed by atoms with Gasteiger partial charge in [0.15, 0.2) is 0 Å². The molecule has 5 heteroatoms. The topological polar surface area (TPSA) is 69.2 Å². The number of hydrogen-bond donors (Lipinski definition) is 2. The summed E-state index contributed by atoms with van der Waals surface area (Å²) in [6.45, 7) is 6.94. The molecule has 2 aromatic carbocycles. The highest BCUT2D eigenvalue weighted by Crippen LogP contribution is 2.36. The molecule has 2 N–H and O–H groups in total. The normalized spacial score (nSPS) is 20.5. The van der Waals surface area contributed by atoms with Crippen LogP contribution in [0.1, 0.15) is 63.1 Å². The van der Waals surface area contributed by atoms with Gasteiger partial charge in [0.25, 0.3) is 5.91 Å². The molecule has 5 rings (SSSR count). The zero-order valence-corrected chi connectivity index (χ0v) is 18.4. The summed E-state index contributed by atoms with van der Waals surface area (Å²) >= 11 is 0. The summed E-state index contributed by atoms with van der Waals surface area (Å²) in [7, 11) is 0. The molecular weight excluding hydrogens is 386 g/mol. The Kier molecular flexibility index (Phi) is 4.94. The molecule has 0 unspecified atom stereocenters. The number of aromatic nitrogens is 2. The third-order valence-electron chi connectivity index (χ3n) is 7.29. The number of carbonyl (C=O) groups is 1. The van der Waals surface area contributed by atoms with E-state index in [0.717, 1.165) is 53.6 Å². The second-order valence-electron chi connectivity index (χ2n) is 9.09. The lowest BCUT2D eigenvalue weighted by Gasteiger charge is -2.26. The van der Waals surface area contributed by atoms with E-state index in [2.05, 4.69) is 54.4 Å². The van der Waals surface area contributed by atoms with Crippen molar-refractivity contribution in [3.8, 4) is 11.1 Å². The Labute approximate surface area is 183 Å². The van der Waals surface area contributed by atoms with Gasteiger partial charge in [-0.2, -0.15) is 5.10 Å². The highest BCUT2D eigenvalue weighted by molar-refractivity contribution is 5.99. The van der Waals surface area contributed by atoms with Crippen LogP contribution in [0.25, 0.3) is 11.1 Å². The lowest BCUT2D eigenvalue weighted by molar-refractivity contribution is 0.0479. The minimum Gasteiger partial charge on any atom is -0.391 e. The Balaban J connectivity index is 1.42. The average Bonchev–Trinajstić information content (AvgIpc) is 3.46. The van der Waals surface area contributed by atoms with Gasteiger partial charge in [0.05, 0.1) is 18.3 Å². The van der Waals surface area contributed by atoms with E-state index >= 15 is 0 Å². The van der Waals surface area contributed by atoms with Crippen LogP contribution in [0.5, 0.6) is 0 Å². The Morgan fingerprint density at radius 2 is 1.87 bits per heavy atom. The van der Waals surface area contributed by atoms with E-state index in [1.54, 1.807) is 0 Å². The van der Waals surface area contributed by atoms with E-state index in [1.807, 2.05) is 18.0 Å². The van der Waals surface area contributed by atoms with Crippen LogP contribution in [0, 0.1) is 20.8 Å². The zero-order chi connectivity index (χ0) is 21.7. The zero-order valence-electron chi connectivity index (χ0n) is 18.4. The van der Waals surface area contributed by atoms with Gasteiger partial charge in [0.1, 0.15) is 0 Å². The second kappa shape index (κ2) is 7.65. The Morgan fingerprint density at radius 1 is 1.10 bits per heavy atom. The van der Waals surface area contributed by atoms with Crippen LogP contribution in [0.3, 0.4) is 0 Å². The third kappa shape index (κ3) is 3.37. The number of nitrogens with one attached hydrogen (secondary N) is 1. The summed E-state index contributed by atoms with van der Waals surface area (Å²) in [4.78, 5) is 15.1. The number of carbonyl (C=O) groups excluding carboxylic acids is 1. The number of hydrogen-bond acceptors (Lipinski definition) is 3. The van der Waals surface area contributed by atoms with Crippen LogP contribution >= 0.6 is 0 Å². The SMILES string of the molecule is Cc1[nH]ncc1-c1ccc(Cc2cc3c(c(C)c2C)CN([C@@H]2CCC[C@H]2O)C3=O)cc1. The Bertz CT molecular complexity index is 1150.